The third-order valence-corrected chi connectivity index (χ3v) is 4.65. The van der Waals surface area contributed by atoms with E-state index < -0.39 is 6.49 Å². The summed E-state index contributed by atoms with van der Waals surface area (Å²) in [6.07, 6.45) is 1.68. The summed E-state index contributed by atoms with van der Waals surface area (Å²) in [6, 6.07) is 5.50. The molecule has 0 spiro atoms. The lowest BCUT2D eigenvalue weighted by atomic mass is 10.5. The molecule has 0 unspecified atom stereocenters. The van der Waals surface area contributed by atoms with E-state index >= 15 is 0 Å². The van der Waals surface area contributed by atoms with Gasteiger partial charge in [-0.2, -0.15) is 0 Å². The van der Waals surface area contributed by atoms with Gasteiger partial charge in [0.25, 0.3) is 0 Å². The second kappa shape index (κ2) is 4.10. The number of nitrogens with zero attached hydrogens (tertiary/aromatic N) is 1. The van der Waals surface area contributed by atoms with Crippen LogP contribution in [-0.2, 0) is 20.9 Å². The second-order valence-electron chi connectivity index (χ2n) is 2.05. The highest BCUT2D eigenvalue weighted by Crippen LogP contribution is 2.44. The summed E-state index contributed by atoms with van der Waals surface area (Å²) in [5.41, 5.74) is 0.699. The number of rotatable bonds is 3. The molecule has 0 aliphatic heterocycles. The Balaban J connectivity index is 3.04. The van der Waals surface area contributed by atoms with Crippen molar-refractivity contribution < 1.29 is 9.05 Å². The van der Waals surface area contributed by atoms with Gasteiger partial charge >= 0.3 is 0 Å². The lowest BCUT2D eigenvalue weighted by Gasteiger charge is -2.15. The molecule has 0 saturated carbocycles. The molecule has 5 heteroatoms. The number of hydrogen-bond acceptors (Lipinski definition) is 4. The van der Waals surface area contributed by atoms with Gasteiger partial charge in [-0.1, -0.05) is 6.07 Å². The first-order valence-electron chi connectivity index (χ1n) is 3.36. The van der Waals surface area contributed by atoms with Gasteiger partial charge in [0.05, 0.1) is 0 Å². The molecule has 12 heavy (non-hydrogen) atoms. The molecule has 1 rings (SSSR count). The molecule has 0 N–H and O–H groups in total. The van der Waals surface area contributed by atoms with Gasteiger partial charge in [-0.15, -0.1) is 0 Å². The van der Waals surface area contributed by atoms with Crippen molar-refractivity contribution in [3.05, 3.63) is 24.4 Å². The van der Waals surface area contributed by atoms with Crippen LogP contribution in [0.1, 0.15) is 0 Å². The van der Waals surface area contributed by atoms with Crippen molar-refractivity contribution in [3.63, 3.8) is 0 Å². The predicted octanol–water partition coefficient (Wildman–Crippen LogP) is 1.31. The number of hydrogen-bond donors (Lipinski definition) is 0. The van der Waals surface area contributed by atoms with E-state index in [4.69, 9.17) is 20.9 Å². The van der Waals surface area contributed by atoms with E-state index in [1.165, 1.54) is 0 Å². The zero-order valence-corrected chi connectivity index (χ0v) is 8.64. The van der Waals surface area contributed by atoms with Gasteiger partial charge in [-0.05, 0) is 23.9 Å². The normalized spacial score (nSPS) is 11.5. The fraction of sp³-hybridized carbons (Fsp3) is 0.286. The molecule has 0 aliphatic carbocycles. The number of pyridine rings is 1. The van der Waals surface area contributed by atoms with Crippen LogP contribution >= 0.6 is 6.49 Å². The molecule has 0 saturated heterocycles. The first kappa shape index (κ1) is 9.81. The minimum absolute atomic E-state index is 0.699. The Hall–Kier alpha value is -0.280. The average Bonchev–Trinajstić information content (AvgIpc) is 2.18. The van der Waals surface area contributed by atoms with Crippen LogP contribution in [0.3, 0.4) is 0 Å². The summed E-state index contributed by atoms with van der Waals surface area (Å²) in [7, 11) is 3.08. The van der Waals surface area contributed by atoms with Gasteiger partial charge in [0.1, 0.15) is 5.44 Å². The van der Waals surface area contributed by atoms with E-state index in [-0.39, 0.29) is 0 Å². The number of aromatic nitrogens is 1. The second-order valence-corrected chi connectivity index (χ2v) is 5.68. The Kier molecular flexibility index (Phi) is 3.35. The predicted molar refractivity (Wildman–Crippen MR) is 52.2 cm³/mol. The molecule has 0 aromatic carbocycles. The molecular formula is C7H10NO2PS. The van der Waals surface area contributed by atoms with Crippen LogP contribution in [0.4, 0.5) is 0 Å². The van der Waals surface area contributed by atoms with Gasteiger partial charge in [0.15, 0.2) is 0 Å². The van der Waals surface area contributed by atoms with Gasteiger partial charge in [-0.25, -0.2) is 0 Å². The largest absolute Gasteiger partial charge is 0.328 e. The van der Waals surface area contributed by atoms with Crippen molar-refractivity contribution in [2.45, 2.75) is 0 Å². The Morgan fingerprint density at radius 1 is 1.33 bits per heavy atom. The van der Waals surface area contributed by atoms with Crippen LogP contribution in [0.2, 0.25) is 0 Å². The molecule has 0 aliphatic rings. The minimum Gasteiger partial charge on any atom is -0.328 e. The van der Waals surface area contributed by atoms with Crippen molar-refractivity contribution in [3.8, 4) is 0 Å². The third-order valence-electron chi connectivity index (χ3n) is 1.41. The van der Waals surface area contributed by atoms with Gasteiger partial charge in [0.2, 0.25) is 6.49 Å². The van der Waals surface area contributed by atoms with Crippen LogP contribution < -0.4 is 5.44 Å². The zero-order valence-electron chi connectivity index (χ0n) is 6.93. The molecule has 0 radical (unpaired) electrons. The van der Waals surface area contributed by atoms with Crippen LogP contribution in [0.5, 0.6) is 0 Å². The van der Waals surface area contributed by atoms with E-state index in [0.717, 1.165) is 0 Å². The van der Waals surface area contributed by atoms with E-state index in [2.05, 4.69) is 4.98 Å². The first-order valence-corrected chi connectivity index (χ1v) is 6.00. The monoisotopic (exact) mass is 203 g/mol. The lowest BCUT2D eigenvalue weighted by Crippen LogP contribution is -2.10. The van der Waals surface area contributed by atoms with Crippen LogP contribution in [0.15, 0.2) is 24.4 Å². The Morgan fingerprint density at radius 2 is 2.00 bits per heavy atom. The van der Waals surface area contributed by atoms with Crippen LogP contribution in [-0.4, -0.2) is 19.2 Å². The Morgan fingerprint density at radius 3 is 2.42 bits per heavy atom. The summed E-state index contributed by atoms with van der Waals surface area (Å²) in [5, 5.41) is 0. The highest BCUT2D eigenvalue weighted by atomic mass is 32.5. The molecule has 3 nitrogen and oxygen atoms in total. The van der Waals surface area contributed by atoms with Crippen LogP contribution in [0.25, 0.3) is 0 Å². The topological polar surface area (TPSA) is 31.4 Å². The summed E-state index contributed by atoms with van der Waals surface area (Å²) in [5.74, 6) is 0. The molecule has 66 valence electrons. The van der Waals surface area contributed by atoms with E-state index in [9.17, 15) is 0 Å². The molecule has 0 amide bonds. The minimum atomic E-state index is -2.31. The van der Waals surface area contributed by atoms with Crippen molar-refractivity contribution in [2.24, 2.45) is 0 Å². The van der Waals surface area contributed by atoms with Gasteiger partial charge < -0.3 is 9.05 Å². The van der Waals surface area contributed by atoms with Crippen molar-refractivity contribution >= 4 is 23.7 Å². The average molecular weight is 203 g/mol. The van der Waals surface area contributed by atoms with E-state index in [1.807, 2.05) is 18.2 Å². The maximum atomic E-state index is 5.18. The summed E-state index contributed by atoms with van der Waals surface area (Å²) in [4.78, 5) is 4.09. The van der Waals surface area contributed by atoms with E-state index in [1.54, 1.807) is 20.4 Å². The molecule has 1 aromatic heterocycles. The smallest absolute Gasteiger partial charge is 0.237 e. The van der Waals surface area contributed by atoms with Crippen molar-refractivity contribution in [2.75, 3.05) is 14.2 Å². The highest BCUT2D eigenvalue weighted by molar-refractivity contribution is 8.13. The summed E-state index contributed by atoms with van der Waals surface area (Å²) >= 11 is 5.18. The molecule has 0 bridgehead atoms. The fourth-order valence-corrected chi connectivity index (χ4v) is 2.10. The van der Waals surface area contributed by atoms with Crippen molar-refractivity contribution in [1.82, 2.24) is 4.98 Å². The SMILES string of the molecule is COP(=S)(OC)c1ccccn1. The third kappa shape index (κ3) is 1.90. The lowest BCUT2D eigenvalue weighted by molar-refractivity contribution is 0.346. The maximum Gasteiger partial charge on any atom is 0.237 e. The molecular weight excluding hydrogens is 193 g/mol. The molecule has 1 heterocycles. The van der Waals surface area contributed by atoms with E-state index in [0.29, 0.717) is 5.44 Å². The quantitative estimate of drug-likeness (QED) is 0.693. The maximum absolute atomic E-state index is 5.18. The van der Waals surface area contributed by atoms with Crippen LogP contribution in [0, 0.1) is 0 Å². The first-order chi connectivity index (χ1) is 5.73. The highest BCUT2D eigenvalue weighted by Gasteiger charge is 2.19. The molecule has 0 fully saturated rings. The molecule has 1 aromatic rings. The van der Waals surface area contributed by atoms with Crippen molar-refractivity contribution in [1.29, 1.82) is 0 Å². The summed E-state index contributed by atoms with van der Waals surface area (Å²) < 4.78 is 10.2. The van der Waals surface area contributed by atoms with Gasteiger partial charge in [-0.3, -0.25) is 4.98 Å². The summed E-state index contributed by atoms with van der Waals surface area (Å²) in [6.45, 7) is -2.31. The fourth-order valence-electron chi connectivity index (χ4n) is 0.777. The molecule has 0 atom stereocenters. The standard InChI is InChI=1S/C7H10NO2PS/c1-9-11(12,10-2)7-5-3-4-6-8-7/h3-6H,1-2H3. The zero-order chi connectivity index (χ0) is 9.03. The Labute approximate surface area is 76.9 Å². The Bertz CT molecular complexity index is 283. The van der Waals surface area contributed by atoms with Gasteiger partial charge in [0, 0.05) is 20.4 Å².